The van der Waals surface area contributed by atoms with Crippen LogP contribution < -0.4 is 17.2 Å². The van der Waals surface area contributed by atoms with Crippen molar-refractivity contribution in [1.29, 1.82) is 0 Å². The summed E-state index contributed by atoms with van der Waals surface area (Å²) in [5, 5.41) is 9.17. The molecular weight excluding hydrogens is 238 g/mol. The highest BCUT2D eigenvalue weighted by atomic mass is 16.3. The summed E-state index contributed by atoms with van der Waals surface area (Å²) in [7, 11) is 0. The highest BCUT2D eigenvalue weighted by molar-refractivity contribution is 5.41. The fourth-order valence-electron chi connectivity index (χ4n) is 2.49. The van der Waals surface area contributed by atoms with E-state index in [0.717, 1.165) is 11.3 Å². The molecule has 0 radical (unpaired) electrons. The van der Waals surface area contributed by atoms with E-state index in [-0.39, 0.29) is 12.5 Å². The van der Waals surface area contributed by atoms with Crippen LogP contribution in [-0.4, -0.2) is 17.3 Å². The van der Waals surface area contributed by atoms with E-state index in [2.05, 4.69) is 0 Å². The quantitative estimate of drug-likeness (QED) is 0.604. The molecule has 1 aliphatic rings. The maximum atomic E-state index is 9.17. The molecule has 102 valence electrons. The molecule has 2 unspecified atom stereocenters. The van der Waals surface area contributed by atoms with Crippen molar-refractivity contribution < 1.29 is 5.11 Å². The van der Waals surface area contributed by atoms with E-state index in [9.17, 15) is 5.11 Å². The summed E-state index contributed by atoms with van der Waals surface area (Å²) in [5.41, 5.74) is 20.0. The Hall–Kier alpha value is -1.78. The first-order chi connectivity index (χ1) is 9.03. The van der Waals surface area contributed by atoms with Crippen LogP contribution in [0.5, 0.6) is 0 Å². The SMILES string of the molecule is NC1=CC(CCO)C(N)(Cc2ccc(N)cc2)C=C1. The number of aliphatic hydroxyl groups is 1. The lowest BCUT2D eigenvalue weighted by Crippen LogP contribution is -2.48. The number of rotatable bonds is 4. The van der Waals surface area contributed by atoms with Gasteiger partial charge in [-0.25, -0.2) is 0 Å². The molecule has 4 heteroatoms. The van der Waals surface area contributed by atoms with Gasteiger partial charge in [0.25, 0.3) is 0 Å². The van der Waals surface area contributed by atoms with Gasteiger partial charge in [0.15, 0.2) is 0 Å². The highest BCUT2D eigenvalue weighted by Gasteiger charge is 2.33. The van der Waals surface area contributed by atoms with Crippen molar-refractivity contribution in [3.63, 3.8) is 0 Å². The first-order valence-electron chi connectivity index (χ1n) is 6.44. The molecule has 0 aliphatic heterocycles. The predicted molar refractivity (Wildman–Crippen MR) is 78.1 cm³/mol. The monoisotopic (exact) mass is 259 g/mol. The number of hydrogen-bond acceptors (Lipinski definition) is 4. The zero-order valence-corrected chi connectivity index (χ0v) is 10.9. The molecule has 0 saturated heterocycles. The molecule has 0 saturated carbocycles. The minimum Gasteiger partial charge on any atom is -0.399 e. The zero-order chi connectivity index (χ0) is 13.9. The van der Waals surface area contributed by atoms with Gasteiger partial charge in [0.1, 0.15) is 0 Å². The Labute approximate surface area is 113 Å². The molecule has 0 spiro atoms. The first-order valence-corrected chi connectivity index (χ1v) is 6.44. The molecule has 19 heavy (non-hydrogen) atoms. The molecular formula is C15H21N3O. The van der Waals surface area contributed by atoms with Crippen LogP contribution in [0.2, 0.25) is 0 Å². The molecule has 4 nitrogen and oxygen atoms in total. The molecule has 2 rings (SSSR count). The van der Waals surface area contributed by atoms with Gasteiger partial charge < -0.3 is 22.3 Å². The van der Waals surface area contributed by atoms with Crippen molar-refractivity contribution >= 4 is 5.69 Å². The van der Waals surface area contributed by atoms with Crippen molar-refractivity contribution in [2.24, 2.45) is 17.4 Å². The lowest BCUT2D eigenvalue weighted by Gasteiger charge is -2.36. The number of allylic oxidation sites excluding steroid dienone is 1. The predicted octanol–water partition coefficient (Wildman–Crippen LogP) is 0.920. The van der Waals surface area contributed by atoms with Crippen LogP contribution in [0.1, 0.15) is 12.0 Å². The van der Waals surface area contributed by atoms with E-state index < -0.39 is 5.54 Å². The molecule has 2 atom stereocenters. The Morgan fingerprint density at radius 1 is 1.16 bits per heavy atom. The smallest absolute Gasteiger partial charge is 0.0449 e. The lowest BCUT2D eigenvalue weighted by atomic mass is 9.75. The average molecular weight is 259 g/mol. The van der Waals surface area contributed by atoms with Crippen LogP contribution in [0.3, 0.4) is 0 Å². The van der Waals surface area contributed by atoms with E-state index in [1.54, 1.807) is 0 Å². The van der Waals surface area contributed by atoms with Crippen LogP contribution in [0.15, 0.2) is 48.2 Å². The number of hydrogen-bond donors (Lipinski definition) is 4. The van der Waals surface area contributed by atoms with E-state index >= 15 is 0 Å². The third-order valence-electron chi connectivity index (χ3n) is 3.60. The fraction of sp³-hybridized carbons (Fsp3) is 0.333. The maximum absolute atomic E-state index is 9.17. The van der Waals surface area contributed by atoms with Crippen LogP contribution in [-0.2, 0) is 6.42 Å². The van der Waals surface area contributed by atoms with Crippen LogP contribution >= 0.6 is 0 Å². The topological polar surface area (TPSA) is 98.3 Å². The van der Waals surface area contributed by atoms with Crippen LogP contribution in [0, 0.1) is 5.92 Å². The Bertz CT molecular complexity index is 493. The third-order valence-corrected chi connectivity index (χ3v) is 3.60. The summed E-state index contributed by atoms with van der Waals surface area (Å²) in [6.45, 7) is 0.100. The number of nitrogen functional groups attached to an aromatic ring is 1. The second-order valence-corrected chi connectivity index (χ2v) is 5.15. The molecule has 0 bridgehead atoms. The standard InChI is InChI=1S/C15H21N3O/c16-13-3-1-11(2-4-13)10-15(18)7-5-14(17)9-12(15)6-8-19/h1-5,7,9,12,19H,6,8,10,16-18H2. The van der Waals surface area contributed by atoms with E-state index in [0.29, 0.717) is 18.5 Å². The van der Waals surface area contributed by atoms with Crippen molar-refractivity contribution in [3.05, 3.63) is 53.8 Å². The largest absolute Gasteiger partial charge is 0.399 e. The van der Waals surface area contributed by atoms with Gasteiger partial charge in [-0.1, -0.05) is 24.3 Å². The minimum atomic E-state index is -0.512. The molecule has 1 aromatic carbocycles. The minimum absolute atomic E-state index is 0.0417. The van der Waals surface area contributed by atoms with Gasteiger partial charge in [-0.2, -0.15) is 0 Å². The molecule has 0 fully saturated rings. The van der Waals surface area contributed by atoms with Crippen molar-refractivity contribution in [1.82, 2.24) is 0 Å². The molecule has 0 amide bonds. The van der Waals surface area contributed by atoms with Gasteiger partial charge >= 0.3 is 0 Å². The first kappa shape index (κ1) is 13.6. The average Bonchev–Trinajstić information content (AvgIpc) is 2.38. The summed E-state index contributed by atoms with van der Waals surface area (Å²) in [4.78, 5) is 0. The molecule has 1 aromatic rings. The van der Waals surface area contributed by atoms with Gasteiger partial charge in [-0.05, 0) is 36.6 Å². The fourth-order valence-corrected chi connectivity index (χ4v) is 2.49. The van der Waals surface area contributed by atoms with Crippen molar-refractivity contribution in [2.75, 3.05) is 12.3 Å². The van der Waals surface area contributed by atoms with Crippen molar-refractivity contribution in [2.45, 2.75) is 18.4 Å². The van der Waals surface area contributed by atoms with Crippen molar-refractivity contribution in [3.8, 4) is 0 Å². The lowest BCUT2D eigenvalue weighted by molar-refractivity contribution is 0.240. The summed E-state index contributed by atoms with van der Waals surface area (Å²) in [6.07, 6.45) is 7.02. The summed E-state index contributed by atoms with van der Waals surface area (Å²) in [6, 6.07) is 7.71. The number of aliphatic hydroxyl groups excluding tert-OH is 1. The highest BCUT2D eigenvalue weighted by Crippen LogP contribution is 2.30. The van der Waals surface area contributed by atoms with Gasteiger partial charge in [0, 0.05) is 29.4 Å². The Morgan fingerprint density at radius 3 is 2.47 bits per heavy atom. The van der Waals surface area contributed by atoms with E-state index in [4.69, 9.17) is 17.2 Å². The summed E-state index contributed by atoms with van der Waals surface area (Å²) < 4.78 is 0. The third kappa shape index (κ3) is 3.16. The Balaban J connectivity index is 2.20. The molecule has 1 aliphatic carbocycles. The summed E-state index contributed by atoms with van der Waals surface area (Å²) >= 11 is 0. The second kappa shape index (κ2) is 5.47. The Morgan fingerprint density at radius 2 is 1.84 bits per heavy atom. The van der Waals surface area contributed by atoms with Gasteiger partial charge in [0.05, 0.1) is 0 Å². The summed E-state index contributed by atoms with van der Waals surface area (Å²) in [5.74, 6) is 0.0417. The maximum Gasteiger partial charge on any atom is 0.0449 e. The van der Waals surface area contributed by atoms with E-state index in [1.165, 1.54) is 0 Å². The van der Waals surface area contributed by atoms with E-state index in [1.807, 2.05) is 42.5 Å². The number of anilines is 1. The molecule has 7 N–H and O–H groups in total. The molecule has 0 aromatic heterocycles. The van der Waals surface area contributed by atoms with Gasteiger partial charge in [-0.3, -0.25) is 0 Å². The van der Waals surface area contributed by atoms with Crippen LogP contribution in [0.25, 0.3) is 0 Å². The zero-order valence-electron chi connectivity index (χ0n) is 10.9. The second-order valence-electron chi connectivity index (χ2n) is 5.15. The normalized spacial score (nSPS) is 26.2. The van der Waals surface area contributed by atoms with Gasteiger partial charge in [-0.15, -0.1) is 0 Å². The number of nitrogens with two attached hydrogens (primary N) is 3. The van der Waals surface area contributed by atoms with Crippen LogP contribution in [0.4, 0.5) is 5.69 Å². The number of benzene rings is 1. The Kier molecular flexibility index (Phi) is 3.93. The molecule has 0 heterocycles. The van der Waals surface area contributed by atoms with Gasteiger partial charge in [0.2, 0.25) is 0 Å².